The van der Waals surface area contributed by atoms with Crippen molar-refractivity contribution in [2.75, 3.05) is 20.3 Å². The van der Waals surface area contributed by atoms with Gasteiger partial charge in [-0.1, -0.05) is 19.3 Å². The first-order valence-electron chi connectivity index (χ1n) is 11.5. The zero-order chi connectivity index (χ0) is 26.4. The summed E-state index contributed by atoms with van der Waals surface area (Å²) in [6.45, 7) is 4.60. The van der Waals surface area contributed by atoms with E-state index < -0.39 is 54.6 Å². The van der Waals surface area contributed by atoms with E-state index in [2.05, 4.69) is 4.74 Å². The Balaban J connectivity index is 2.87. The Hall–Kier alpha value is -2.73. The van der Waals surface area contributed by atoms with E-state index in [1.807, 2.05) is 0 Å². The van der Waals surface area contributed by atoms with Crippen LogP contribution >= 0.6 is 0 Å². The second-order valence-electron chi connectivity index (χ2n) is 8.03. The van der Waals surface area contributed by atoms with Crippen molar-refractivity contribution >= 4 is 29.8 Å². The summed E-state index contributed by atoms with van der Waals surface area (Å²) in [5, 5.41) is 0. The Morgan fingerprint density at radius 1 is 0.686 bits per heavy atom. The largest absolute Gasteiger partial charge is 0.469 e. The molecule has 0 aromatic heterocycles. The molecule has 0 aliphatic carbocycles. The van der Waals surface area contributed by atoms with Crippen molar-refractivity contribution in [2.24, 2.45) is 0 Å². The molecule has 0 aromatic rings. The lowest BCUT2D eigenvalue weighted by atomic mass is 9.98. The summed E-state index contributed by atoms with van der Waals surface area (Å²) in [5.41, 5.74) is 0. The average Bonchev–Trinajstić information content (AvgIpc) is 2.76. The molecule has 12 nitrogen and oxygen atoms in total. The van der Waals surface area contributed by atoms with E-state index in [-0.39, 0.29) is 19.2 Å². The van der Waals surface area contributed by atoms with Crippen molar-refractivity contribution in [1.29, 1.82) is 0 Å². The van der Waals surface area contributed by atoms with Crippen molar-refractivity contribution < 1.29 is 57.1 Å². The Bertz CT molecular complexity index is 721. The third kappa shape index (κ3) is 12.0. The van der Waals surface area contributed by atoms with Crippen LogP contribution in [-0.4, -0.2) is 80.9 Å². The zero-order valence-electron chi connectivity index (χ0n) is 20.9. The third-order valence-corrected chi connectivity index (χ3v) is 4.98. The maximum absolute atomic E-state index is 11.8. The van der Waals surface area contributed by atoms with Gasteiger partial charge < -0.3 is 33.2 Å². The highest BCUT2D eigenvalue weighted by molar-refractivity contribution is 5.69. The van der Waals surface area contributed by atoms with Crippen LogP contribution in [0.5, 0.6) is 0 Å². The van der Waals surface area contributed by atoms with E-state index in [0.717, 1.165) is 39.5 Å². The number of hydrogen-bond acceptors (Lipinski definition) is 12. The van der Waals surface area contributed by atoms with Gasteiger partial charge in [0, 0.05) is 40.7 Å². The van der Waals surface area contributed by atoms with E-state index >= 15 is 0 Å². The van der Waals surface area contributed by atoms with E-state index in [4.69, 9.17) is 28.4 Å². The first-order valence-corrected chi connectivity index (χ1v) is 11.5. The van der Waals surface area contributed by atoms with Gasteiger partial charge in [0.15, 0.2) is 24.6 Å². The van der Waals surface area contributed by atoms with Crippen LogP contribution in [0.25, 0.3) is 0 Å². The molecule has 0 radical (unpaired) electrons. The summed E-state index contributed by atoms with van der Waals surface area (Å²) < 4.78 is 37.3. The fraction of sp³-hybridized carbons (Fsp3) is 0.783. The quantitative estimate of drug-likeness (QED) is 0.192. The lowest BCUT2D eigenvalue weighted by Gasteiger charge is -2.44. The van der Waals surface area contributed by atoms with E-state index in [1.54, 1.807) is 0 Å². The molecule has 200 valence electrons. The average molecular weight is 505 g/mol. The molecule has 0 saturated carbocycles. The molecule has 35 heavy (non-hydrogen) atoms. The minimum absolute atomic E-state index is 0.227. The maximum Gasteiger partial charge on any atom is 0.305 e. The Kier molecular flexibility index (Phi) is 13.9. The summed E-state index contributed by atoms with van der Waals surface area (Å²) in [7, 11) is 1.35. The van der Waals surface area contributed by atoms with Gasteiger partial charge in [-0.3, -0.25) is 24.0 Å². The standard InChI is InChI=1S/C23H36O12/c1-14(24)31-13-18-20(32-15(2)25)21(33-16(3)26)22(34-17(4)27)23(35-18)30-12-10-8-6-7-9-11-19(28)29-5/h18,20-23H,6-13H2,1-5H3/t18-,20+,21-,22-,23+/m0/s1. The second kappa shape index (κ2) is 16.0. The Labute approximate surface area is 204 Å². The van der Waals surface area contributed by atoms with Crippen molar-refractivity contribution in [2.45, 2.75) is 96.9 Å². The molecule has 0 unspecified atom stereocenters. The predicted octanol–water partition coefficient (Wildman–Crippen LogP) is 1.60. The number of ether oxygens (including phenoxy) is 7. The number of rotatable bonds is 14. The van der Waals surface area contributed by atoms with E-state index in [1.165, 1.54) is 21.0 Å². The number of esters is 5. The van der Waals surface area contributed by atoms with Gasteiger partial charge in [0.2, 0.25) is 0 Å². The van der Waals surface area contributed by atoms with Gasteiger partial charge in [0.25, 0.3) is 0 Å². The second-order valence-corrected chi connectivity index (χ2v) is 8.03. The molecule has 1 fully saturated rings. The lowest BCUT2D eigenvalue weighted by molar-refractivity contribution is -0.308. The van der Waals surface area contributed by atoms with Crippen LogP contribution in [-0.2, 0) is 57.1 Å². The Morgan fingerprint density at radius 3 is 1.80 bits per heavy atom. The SMILES string of the molecule is COC(=O)CCCCCCCO[C@@H]1O[C@@H](COC(C)=O)[C@@H](OC(C)=O)[C@H](OC(C)=O)[C@@H]1OC(C)=O. The lowest BCUT2D eigenvalue weighted by Crippen LogP contribution is -2.63. The molecule has 0 aromatic carbocycles. The minimum Gasteiger partial charge on any atom is -0.469 e. The van der Waals surface area contributed by atoms with E-state index in [0.29, 0.717) is 12.8 Å². The fourth-order valence-electron chi connectivity index (χ4n) is 3.53. The molecular weight excluding hydrogens is 468 g/mol. The van der Waals surface area contributed by atoms with Crippen molar-refractivity contribution in [3.8, 4) is 0 Å². The van der Waals surface area contributed by atoms with Gasteiger partial charge >= 0.3 is 29.8 Å². The van der Waals surface area contributed by atoms with Crippen LogP contribution in [0, 0.1) is 0 Å². The molecule has 1 aliphatic rings. The topological polar surface area (TPSA) is 150 Å². The highest BCUT2D eigenvalue weighted by Gasteiger charge is 2.52. The summed E-state index contributed by atoms with van der Waals surface area (Å²) in [5.74, 6) is -2.92. The van der Waals surface area contributed by atoms with Gasteiger partial charge in [-0.05, 0) is 12.8 Å². The number of carbonyl (C=O) groups excluding carboxylic acids is 5. The zero-order valence-corrected chi connectivity index (χ0v) is 20.9. The van der Waals surface area contributed by atoms with Crippen molar-refractivity contribution in [1.82, 2.24) is 0 Å². The van der Waals surface area contributed by atoms with Crippen LogP contribution < -0.4 is 0 Å². The predicted molar refractivity (Wildman–Crippen MR) is 118 cm³/mol. The van der Waals surface area contributed by atoms with Gasteiger partial charge in [0.1, 0.15) is 12.7 Å². The maximum atomic E-state index is 11.8. The molecule has 5 atom stereocenters. The summed E-state index contributed by atoms with van der Waals surface area (Å²) in [6, 6.07) is 0. The molecule has 0 bridgehead atoms. The highest BCUT2D eigenvalue weighted by Crippen LogP contribution is 2.30. The van der Waals surface area contributed by atoms with Gasteiger partial charge in [-0.25, -0.2) is 0 Å². The molecule has 1 heterocycles. The smallest absolute Gasteiger partial charge is 0.305 e. The Morgan fingerprint density at radius 2 is 1.23 bits per heavy atom. The summed E-state index contributed by atoms with van der Waals surface area (Å²) >= 11 is 0. The van der Waals surface area contributed by atoms with Gasteiger partial charge in [-0.2, -0.15) is 0 Å². The molecule has 1 aliphatic heterocycles. The molecule has 0 N–H and O–H groups in total. The van der Waals surface area contributed by atoms with Crippen LogP contribution in [0.4, 0.5) is 0 Å². The fourth-order valence-corrected chi connectivity index (χ4v) is 3.53. The minimum atomic E-state index is -1.25. The number of carbonyl (C=O) groups is 5. The first-order chi connectivity index (χ1) is 16.5. The molecule has 0 amide bonds. The molecular formula is C23H36O12. The van der Waals surface area contributed by atoms with Gasteiger partial charge in [0.05, 0.1) is 7.11 Å². The normalized spacial score (nSPS) is 23.6. The molecule has 1 rings (SSSR count). The van der Waals surface area contributed by atoms with Crippen molar-refractivity contribution in [3.05, 3.63) is 0 Å². The molecule has 12 heteroatoms. The van der Waals surface area contributed by atoms with Crippen LogP contribution in [0.3, 0.4) is 0 Å². The van der Waals surface area contributed by atoms with Crippen LogP contribution in [0.1, 0.15) is 66.2 Å². The number of unbranched alkanes of at least 4 members (excludes halogenated alkanes) is 4. The first kappa shape index (κ1) is 30.3. The van der Waals surface area contributed by atoms with Gasteiger partial charge in [-0.15, -0.1) is 0 Å². The third-order valence-electron chi connectivity index (χ3n) is 4.98. The van der Waals surface area contributed by atoms with Crippen LogP contribution in [0.15, 0.2) is 0 Å². The van der Waals surface area contributed by atoms with Crippen LogP contribution in [0.2, 0.25) is 0 Å². The highest BCUT2D eigenvalue weighted by atomic mass is 16.7. The monoisotopic (exact) mass is 504 g/mol. The summed E-state index contributed by atoms with van der Waals surface area (Å²) in [4.78, 5) is 57.8. The molecule has 1 saturated heterocycles. The van der Waals surface area contributed by atoms with Crippen molar-refractivity contribution in [3.63, 3.8) is 0 Å². The number of methoxy groups -OCH3 is 1. The summed E-state index contributed by atoms with van der Waals surface area (Å²) in [6.07, 6.45) is -1.62. The number of hydrogen-bond donors (Lipinski definition) is 0. The molecule has 0 spiro atoms. The van der Waals surface area contributed by atoms with E-state index in [9.17, 15) is 24.0 Å².